The Bertz CT molecular complexity index is 1620. The van der Waals surface area contributed by atoms with Crippen LogP contribution < -0.4 is 0 Å². The molecule has 0 spiro atoms. The number of halogens is 3. The number of allylic oxidation sites excluding steroid dienone is 1. The van der Waals surface area contributed by atoms with Gasteiger partial charge in [-0.25, -0.2) is 4.57 Å². The molecule has 2 aromatic heterocycles. The summed E-state index contributed by atoms with van der Waals surface area (Å²) in [5.74, 6) is -2.00. The summed E-state index contributed by atoms with van der Waals surface area (Å²) in [6.07, 6.45) is -4.07. The molecule has 6 rings (SSSR count). The van der Waals surface area contributed by atoms with Gasteiger partial charge in [0.1, 0.15) is 5.82 Å². The van der Waals surface area contributed by atoms with E-state index in [0.717, 1.165) is 16.8 Å². The molecule has 166 valence electrons. The van der Waals surface area contributed by atoms with Crippen LogP contribution in [0, 0.1) is 0 Å². The Balaban J connectivity index is 1.50. The summed E-state index contributed by atoms with van der Waals surface area (Å²) in [5, 5.41) is 1.49. The molecule has 0 aliphatic heterocycles. The summed E-state index contributed by atoms with van der Waals surface area (Å²) in [7, 11) is 0. The third-order valence-corrected chi connectivity index (χ3v) is 5.66. The van der Waals surface area contributed by atoms with E-state index in [-0.39, 0.29) is 27.3 Å². The van der Waals surface area contributed by atoms with Crippen molar-refractivity contribution in [2.24, 2.45) is 0 Å². The molecule has 1 aliphatic rings. The largest absolute Gasteiger partial charge is 0.491 e. The van der Waals surface area contributed by atoms with Crippen molar-refractivity contribution in [2.45, 2.75) is 6.30 Å². The van der Waals surface area contributed by atoms with Gasteiger partial charge in [-0.2, -0.15) is 9.97 Å². The summed E-state index contributed by atoms with van der Waals surface area (Å²) in [6.45, 7) is 0. The van der Waals surface area contributed by atoms with Gasteiger partial charge in [0.25, 0.3) is 5.71 Å². The van der Waals surface area contributed by atoms with E-state index >= 15 is 0 Å². The number of ketones is 2. The predicted octanol–water partition coefficient (Wildman–Crippen LogP) is 5.78. The average Bonchev–Trinajstić information content (AvgIpc) is 3.44. The maximum Gasteiger partial charge on any atom is 0.491 e. The zero-order valence-corrected chi connectivity index (χ0v) is 17.1. The Kier molecular flexibility index (Phi) is 4.13. The van der Waals surface area contributed by atoms with Crippen molar-refractivity contribution in [2.75, 3.05) is 0 Å². The van der Waals surface area contributed by atoms with Gasteiger partial charge in [-0.3, -0.25) is 9.59 Å². The van der Waals surface area contributed by atoms with Gasteiger partial charge in [-0.05, 0) is 41.1 Å². The normalized spacial score (nSPS) is 13.8. The quantitative estimate of drug-likeness (QED) is 0.247. The summed E-state index contributed by atoms with van der Waals surface area (Å²) in [5.41, 5.74) is -0.533. The number of carbonyl (C=O) groups is 2. The summed E-state index contributed by atoms with van der Waals surface area (Å²) in [4.78, 5) is 33.8. The van der Waals surface area contributed by atoms with Crippen molar-refractivity contribution >= 4 is 39.8 Å². The summed E-state index contributed by atoms with van der Waals surface area (Å²) in [6, 6.07) is 18.7. The van der Waals surface area contributed by atoms with Crippen molar-refractivity contribution in [3.05, 3.63) is 89.3 Å². The molecule has 0 bridgehead atoms. The lowest BCUT2D eigenvalue weighted by molar-refractivity contribution is -0.201. The minimum Gasteiger partial charge on any atom is -0.416 e. The highest BCUT2D eigenvalue weighted by Crippen LogP contribution is 2.35. The van der Waals surface area contributed by atoms with Crippen molar-refractivity contribution in [3.8, 4) is 11.5 Å². The fourth-order valence-electron chi connectivity index (χ4n) is 4.11. The highest BCUT2D eigenvalue weighted by Gasteiger charge is 2.39. The Morgan fingerprint density at radius 2 is 1.41 bits per heavy atom. The predicted molar refractivity (Wildman–Crippen MR) is 117 cm³/mol. The second-order valence-electron chi connectivity index (χ2n) is 7.75. The van der Waals surface area contributed by atoms with Gasteiger partial charge in [-0.15, -0.1) is 13.2 Å². The second-order valence-corrected chi connectivity index (χ2v) is 7.75. The van der Waals surface area contributed by atoms with E-state index in [1.165, 1.54) is 0 Å². The van der Waals surface area contributed by atoms with Crippen LogP contribution in [-0.2, 0) is 6.30 Å². The van der Waals surface area contributed by atoms with Crippen molar-refractivity contribution < 1.29 is 27.2 Å². The van der Waals surface area contributed by atoms with Crippen LogP contribution in [0.1, 0.15) is 26.5 Å². The molecule has 0 amide bonds. The van der Waals surface area contributed by atoms with E-state index in [0.29, 0.717) is 5.56 Å². The number of aromatic nitrogens is 3. The molecule has 0 unspecified atom stereocenters. The van der Waals surface area contributed by atoms with Gasteiger partial charge in [0.2, 0.25) is 11.5 Å². The van der Waals surface area contributed by atoms with E-state index < -0.39 is 34.9 Å². The second kappa shape index (κ2) is 6.98. The van der Waals surface area contributed by atoms with Crippen molar-refractivity contribution in [1.82, 2.24) is 14.5 Å². The number of Topliss-reactive ketones (excluding diaryl/α,β-unsaturated/α-hetero) is 2. The van der Waals surface area contributed by atoms with Crippen LogP contribution in [0.15, 0.2) is 76.7 Å². The first-order valence-electron chi connectivity index (χ1n) is 10.2. The van der Waals surface area contributed by atoms with Gasteiger partial charge < -0.3 is 4.42 Å². The van der Waals surface area contributed by atoms with Gasteiger partial charge in [0.05, 0.1) is 5.57 Å². The zero-order valence-electron chi connectivity index (χ0n) is 17.1. The lowest BCUT2D eigenvalue weighted by Crippen LogP contribution is -2.19. The lowest BCUT2D eigenvalue weighted by Gasteiger charge is -2.09. The average molecular weight is 459 g/mol. The molecule has 2 heterocycles. The molecule has 0 N–H and O–H groups in total. The van der Waals surface area contributed by atoms with Crippen molar-refractivity contribution in [3.63, 3.8) is 0 Å². The van der Waals surface area contributed by atoms with Gasteiger partial charge in [0, 0.05) is 16.7 Å². The van der Waals surface area contributed by atoms with E-state index in [4.69, 9.17) is 4.42 Å². The van der Waals surface area contributed by atoms with Crippen LogP contribution in [-0.4, -0.2) is 26.1 Å². The minimum absolute atomic E-state index is 0.0255. The smallest absolute Gasteiger partial charge is 0.416 e. The monoisotopic (exact) mass is 459 g/mol. The highest BCUT2D eigenvalue weighted by molar-refractivity contribution is 6.42. The van der Waals surface area contributed by atoms with E-state index in [2.05, 4.69) is 9.97 Å². The number of rotatable bonds is 2. The van der Waals surface area contributed by atoms with Gasteiger partial charge in [0.15, 0.2) is 11.6 Å². The Hall–Kier alpha value is -4.53. The SMILES string of the molecule is O=C1C(=Cc2nc3oc(-c4ccccc4)nc3n2C(F)(F)F)C(=O)c2cc3ccccc3cc21. The third kappa shape index (κ3) is 2.97. The lowest BCUT2D eigenvalue weighted by atomic mass is 10.0. The Labute approximate surface area is 189 Å². The van der Waals surface area contributed by atoms with Crippen LogP contribution >= 0.6 is 0 Å². The molecule has 0 saturated heterocycles. The van der Waals surface area contributed by atoms with Gasteiger partial charge in [-0.1, -0.05) is 42.5 Å². The summed E-state index contributed by atoms with van der Waals surface area (Å²) >= 11 is 0. The first-order chi connectivity index (χ1) is 16.3. The highest BCUT2D eigenvalue weighted by atomic mass is 19.4. The van der Waals surface area contributed by atoms with Crippen LogP contribution in [0.4, 0.5) is 13.2 Å². The number of carbonyl (C=O) groups excluding carboxylic acids is 2. The molecule has 3 aromatic carbocycles. The number of benzene rings is 3. The number of hydrogen-bond acceptors (Lipinski definition) is 5. The fraction of sp³-hybridized carbons (Fsp3) is 0.0400. The van der Waals surface area contributed by atoms with Crippen LogP contribution in [0.2, 0.25) is 0 Å². The molecule has 34 heavy (non-hydrogen) atoms. The number of alkyl halides is 3. The first-order valence-corrected chi connectivity index (χ1v) is 10.2. The number of oxazole rings is 1. The molecule has 0 atom stereocenters. The molecular formula is C25H12F3N3O3. The summed E-state index contributed by atoms with van der Waals surface area (Å²) < 4.78 is 47.3. The Morgan fingerprint density at radius 3 is 2.00 bits per heavy atom. The number of fused-ring (bicyclic) bond motifs is 3. The Morgan fingerprint density at radius 1 is 0.824 bits per heavy atom. The molecule has 9 heteroatoms. The third-order valence-electron chi connectivity index (χ3n) is 5.66. The van der Waals surface area contributed by atoms with Crippen molar-refractivity contribution in [1.29, 1.82) is 0 Å². The van der Waals surface area contributed by atoms with Crippen LogP contribution in [0.25, 0.3) is 39.7 Å². The minimum atomic E-state index is -4.92. The van der Waals surface area contributed by atoms with E-state index in [1.807, 2.05) is 0 Å². The van der Waals surface area contributed by atoms with E-state index in [9.17, 15) is 22.8 Å². The number of imidazole rings is 1. The molecule has 6 nitrogen and oxygen atoms in total. The van der Waals surface area contributed by atoms with E-state index in [1.54, 1.807) is 66.7 Å². The van der Waals surface area contributed by atoms with Crippen LogP contribution in [0.5, 0.6) is 0 Å². The molecule has 1 aliphatic carbocycles. The molecule has 0 radical (unpaired) electrons. The van der Waals surface area contributed by atoms with Gasteiger partial charge >= 0.3 is 6.30 Å². The molecule has 5 aromatic rings. The standard InChI is InChI=1S/C25H12F3N3O3/c26-25(27,28)31-19(29-24-22(31)30-23(34-24)13-6-2-1-3-7-13)12-18-20(32)16-10-14-8-4-5-9-15(14)11-17(16)21(18)33/h1-12H. The number of nitrogens with zero attached hydrogens (tertiary/aromatic N) is 3. The zero-order chi connectivity index (χ0) is 23.6. The molecular weight excluding hydrogens is 447 g/mol. The molecule has 0 fully saturated rings. The molecule has 0 saturated carbocycles. The number of hydrogen-bond donors (Lipinski definition) is 0. The first kappa shape index (κ1) is 20.1. The van der Waals surface area contributed by atoms with Crippen LogP contribution in [0.3, 0.4) is 0 Å². The maximum atomic E-state index is 14.0. The topological polar surface area (TPSA) is 78.0 Å². The fourth-order valence-corrected chi connectivity index (χ4v) is 4.11. The maximum absolute atomic E-state index is 14.0.